The van der Waals surface area contributed by atoms with Gasteiger partial charge in [-0.25, -0.2) is 3.97 Å². The number of fused-ring (bicyclic) bond motifs is 1. The fraction of sp³-hybridized carbons (Fsp3) is 0.200. The number of aromatic nitrogens is 1. The Morgan fingerprint density at radius 1 is 1.19 bits per heavy atom. The van der Waals surface area contributed by atoms with Gasteiger partial charge in [0.1, 0.15) is 5.70 Å². The zero-order chi connectivity index (χ0) is 22.6. The summed E-state index contributed by atoms with van der Waals surface area (Å²) in [5, 5.41) is 14.5. The Kier molecular flexibility index (Phi) is 6.59. The molecule has 0 radical (unpaired) electrons. The molecular formula is C20H22N4O6S. The first-order valence-corrected chi connectivity index (χ1v) is 10.6. The molecule has 0 atom stereocenters. The van der Waals surface area contributed by atoms with E-state index in [1.54, 1.807) is 24.3 Å². The van der Waals surface area contributed by atoms with Crippen LogP contribution in [-0.2, 0) is 15.0 Å². The average molecular weight is 446 g/mol. The topological polar surface area (TPSA) is 134 Å². The Morgan fingerprint density at radius 2 is 1.94 bits per heavy atom. The average Bonchev–Trinajstić information content (AvgIpc) is 3.40. The van der Waals surface area contributed by atoms with Crippen LogP contribution < -0.4 is 10.6 Å². The molecule has 10 nitrogen and oxygen atoms in total. The maximum atomic E-state index is 12.7. The second-order valence-electron chi connectivity index (χ2n) is 6.66. The molecule has 0 bridgehead atoms. The van der Waals surface area contributed by atoms with E-state index in [1.807, 2.05) is 0 Å². The van der Waals surface area contributed by atoms with Gasteiger partial charge in [-0.05, 0) is 24.3 Å². The lowest BCUT2D eigenvalue weighted by molar-refractivity contribution is -0.117. The first-order valence-electron chi connectivity index (χ1n) is 9.24. The Morgan fingerprint density at radius 3 is 2.58 bits per heavy atom. The van der Waals surface area contributed by atoms with Crippen molar-refractivity contribution in [2.75, 3.05) is 27.2 Å². The minimum Gasteiger partial charge on any atom is -0.459 e. The Balaban J connectivity index is 2.11. The van der Waals surface area contributed by atoms with Crippen LogP contribution in [-0.4, -0.2) is 60.9 Å². The van der Waals surface area contributed by atoms with Crippen LogP contribution in [0.25, 0.3) is 17.0 Å². The van der Waals surface area contributed by atoms with Crippen LogP contribution in [0.15, 0.2) is 59.0 Å². The molecule has 31 heavy (non-hydrogen) atoms. The SMILES string of the molecule is CN(C)S(=O)(=O)n1cc(C=C(NC(=O)c2ccco2)C(=O)NCCO)c2ccccc21. The van der Waals surface area contributed by atoms with Crippen LogP contribution in [0.1, 0.15) is 16.1 Å². The van der Waals surface area contributed by atoms with Crippen LogP contribution >= 0.6 is 0 Å². The lowest BCUT2D eigenvalue weighted by Gasteiger charge is -2.13. The van der Waals surface area contributed by atoms with Crippen molar-refractivity contribution in [3.8, 4) is 0 Å². The van der Waals surface area contributed by atoms with E-state index in [9.17, 15) is 18.0 Å². The highest BCUT2D eigenvalue weighted by molar-refractivity contribution is 7.87. The molecule has 0 unspecified atom stereocenters. The summed E-state index contributed by atoms with van der Waals surface area (Å²) in [5.41, 5.74) is 0.671. The number of nitrogens with zero attached hydrogens (tertiary/aromatic N) is 2. The van der Waals surface area contributed by atoms with Crippen LogP contribution in [0.4, 0.5) is 0 Å². The van der Waals surface area contributed by atoms with Crippen molar-refractivity contribution in [2.45, 2.75) is 0 Å². The molecular weight excluding hydrogens is 424 g/mol. The molecule has 3 aromatic rings. The normalized spacial score (nSPS) is 12.3. The molecule has 0 spiro atoms. The quantitative estimate of drug-likeness (QED) is 0.438. The van der Waals surface area contributed by atoms with E-state index in [1.165, 1.54) is 44.8 Å². The summed E-state index contributed by atoms with van der Waals surface area (Å²) in [7, 11) is -0.999. The van der Waals surface area contributed by atoms with Crippen molar-refractivity contribution in [3.05, 3.63) is 65.9 Å². The monoisotopic (exact) mass is 446 g/mol. The Hall–Kier alpha value is -3.41. The second-order valence-corrected chi connectivity index (χ2v) is 8.68. The molecule has 0 saturated carbocycles. The maximum absolute atomic E-state index is 12.7. The molecule has 2 aromatic heterocycles. The summed E-state index contributed by atoms with van der Waals surface area (Å²) in [4.78, 5) is 25.0. The van der Waals surface area contributed by atoms with Gasteiger partial charge in [0.2, 0.25) is 0 Å². The lowest BCUT2D eigenvalue weighted by atomic mass is 10.1. The van der Waals surface area contributed by atoms with Crippen LogP contribution in [0, 0.1) is 0 Å². The maximum Gasteiger partial charge on any atom is 0.307 e. The smallest absolute Gasteiger partial charge is 0.307 e. The van der Waals surface area contributed by atoms with E-state index >= 15 is 0 Å². The predicted octanol–water partition coefficient (Wildman–Crippen LogP) is 0.768. The molecule has 3 N–H and O–H groups in total. The predicted molar refractivity (Wildman–Crippen MR) is 114 cm³/mol. The number of hydrogen-bond acceptors (Lipinski definition) is 6. The van der Waals surface area contributed by atoms with Gasteiger partial charge in [0.25, 0.3) is 11.8 Å². The number of hydrogen-bond donors (Lipinski definition) is 3. The number of carbonyl (C=O) groups excluding carboxylic acids is 2. The van der Waals surface area contributed by atoms with E-state index in [2.05, 4.69) is 10.6 Å². The molecule has 2 amide bonds. The summed E-state index contributed by atoms with van der Waals surface area (Å²) in [6.07, 6.45) is 4.07. The van der Waals surface area contributed by atoms with Gasteiger partial charge in [-0.2, -0.15) is 12.7 Å². The van der Waals surface area contributed by atoms with E-state index in [-0.39, 0.29) is 24.6 Å². The van der Waals surface area contributed by atoms with Crippen molar-refractivity contribution in [1.29, 1.82) is 0 Å². The summed E-state index contributed by atoms with van der Waals surface area (Å²) in [6, 6.07) is 9.75. The van der Waals surface area contributed by atoms with Crippen molar-refractivity contribution in [2.24, 2.45) is 0 Å². The summed E-state index contributed by atoms with van der Waals surface area (Å²) in [6.45, 7) is -0.310. The van der Waals surface area contributed by atoms with Crippen molar-refractivity contribution >= 4 is 39.0 Å². The van der Waals surface area contributed by atoms with Gasteiger partial charge in [-0.1, -0.05) is 18.2 Å². The van der Waals surface area contributed by atoms with Gasteiger partial charge in [-0.15, -0.1) is 0 Å². The lowest BCUT2D eigenvalue weighted by Crippen LogP contribution is -2.36. The Labute approximate surface area is 178 Å². The zero-order valence-electron chi connectivity index (χ0n) is 16.9. The van der Waals surface area contributed by atoms with E-state index in [4.69, 9.17) is 9.52 Å². The minimum atomic E-state index is -3.83. The van der Waals surface area contributed by atoms with E-state index < -0.39 is 22.0 Å². The fourth-order valence-corrected chi connectivity index (χ4v) is 3.83. The van der Waals surface area contributed by atoms with Gasteiger partial charge in [0.05, 0.1) is 18.4 Å². The highest BCUT2D eigenvalue weighted by Crippen LogP contribution is 2.25. The van der Waals surface area contributed by atoms with Crippen molar-refractivity contribution in [3.63, 3.8) is 0 Å². The van der Waals surface area contributed by atoms with Gasteiger partial charge in [-0.3, -0.25) is 9.59 Å². The highest BCUT2D eigenvalue weighted by Gasteiger charge is 2.22. The molecule has 0 saturated heterocycles. The van der Waals surface area contributed by atoms with E-state index in [0.29, 0.717) is 16.5 Å². The first kappa shape index (κ1) is 22.3. The number of carbonyl (C=O) groups is 2. The molecule has 2 heterocycles. The van der Waals surface area contributed by atoms with Gasteiger partial charge >= 0.3 is 10.2 Å². The highest BCUT2D eigenvalue weighted by atomic mass is 32.2. The van der Waals surface area contributed by atoms with Crippen molar-refractivity contribution in [1.82, 2.24) is 18.9 Å². The standard InChI is InChI=1S/C20H22N4O6S/c1-23(2)31(28,29)24-13-14(15-6-3-4-7-17(15)24)12-16(19(26)21-9-10-25)22-20(27)18-8-5-11-30-18/h3-8,11-13,25H,9-10H2,1-2H3,(H,21,26)(H,22,27). The molecule has 3 rings (SSSR count). The number of aliphatic hydroxyl groups is 1. The summed E-state index contributed by atoms with van der Waals surface area (Å²) < 4.78 is 32.7. The number of nitrogens with one attached hydrogen (secondary N) is 2. The number of rotatable bonds is 8. The van der Waals surface area contributed by atoms with Crippen LogP contribution in [0.2, 0.25) is 0 Å². The summed E-state index contributed by atoms with van der Waals surface area (Å²) >= 11 is 0. The van der Waals surface area contributed by atoms with Gasteiger partial charge in [0, 0.05) is 37.8 Å². The third-order valence-electron chi connectivity index (χ3n) is 4.35. The van der Waals surface area contributed by atoms with Crippen molar-refractivity contribution < 1.29 is 27.5 Å². The molecule has 0 aliphatic carbocycles. The number of furan rings is 1. The molecule has 164 valence electrons. The van der Waals surface area contributed by atoms with Gasteiger partial charge in [0.15, 0.2) is 5.76 Å². The number of para-hydroxylation sites is 1. The molecule has 11 heteroatoms. The van der Waals surface area contributed by atoms with Gasteiger partial charge < -0.3 is 20.2 Å². The minimum absolute atomic E-state index is 0.00141. The third-order valence-corrected chi connectivity index (χ3v) is 6.08. The zero-order valence-corrected chi connectivity index (χ0v) is 17.7. The molecule has 1 aromatic carbocycles. The molecule has 0 aliphatic heterocycles. The number of amides is 2. The molecule has 0 aliphatic rings. The Bertz CT molecular complexity index is 1230. The number of benzene rings is 1. The first-order chi connectivity index (χ1) is 14.8. The van der Waals surface area contributed by atoms with Crippen LogP contribution in [0.3, 0.4) is 0 Å². The second kappa shape index (κ2) is 9.16. The number of aliphatic hydroxyl groups excluding tert-OH is 1. The third kappa shape index (κ3) is 4.68. The van der Waals surface area contributed by atoms with Crippen LogP contribution in [0.5, 0.6) is 0 Å². The summed E-state index contributed by atoms with van der Waals surface area (Å²) in [5.74, 6) is -1.31. The van der Waals surface area contributed by atoms with E-state index in [0.717, 1.165) is 8.28 Å². The largest absolute Gasteiger partial charge is 0.459 e. The molecule has 0 fully saturated rings. The fourth-order valence-electron chi connectivity index (χ4n) is 2.83.